The van der Waals surface area contributed by atoms with Crippen LogP contribution in [0.5, 0.6) is 5.75 Å². The smallest absolute Gasteiger partial charge is 0.303 e. The second-order valence-electron chi connectivity index (χ2n) is 5.34. The Morgan fingerprint density at radius 2 is 2.00 bits per heavy atom. The Morgan fingerprint density at radius 1 is 1.33 bits per heavy atom. The van der Waals surface area contributed by atoms with Gasteiger partial charge in [0.1, 0.15) is 5.75 Å². The number of thioether (sulfide) groups is 1. The minimum absolute atomic E-state index is 0.0725. The first-order valence-electron chi connectivity index (χ1n) is 6.76. The molecule has 2 rings (SSSR count). The lowest BCUT2D eigenvalue weighted by molar-refractivity contribution is -0.138. The molecule has 0 saturated heterocycles. The van der Waals surface area contributed by atoms with Gasteiger partial charge in [0.15, 0.2) is 0 Å². The molecule has 0 aromatic heterocycles. The van der Waals surface area contributed by atoms with Crippen LogP contribution in [0.3, 0.4) is 0 Å². The third-order valence-electron chi connectivity index (χ3n) is 3.50. The molecule has 1 fully saturated rings. The summed E-state index contributed by atoms with van der Waals surface area (Å²) in [6.45, 7) is 0. The number of anilines is 1. The Morgan fingerprint density at radius 3 is 2.52 bits per heavy atom. The highest BCUT2D eigenvalue weighted by Gasteiger charge is 2.44. The Hall–Kier alpha value is -1.69. The van der Waals surface area contributed by atoms with Gasteiger partial charge in [0.25, 0.3) is 0 Å². The highest BCUT2D eigenvalue weighted by molar-refractivity contribution is 8.00. The third kappa shape index (κ3) is 4.97. The Bertz CT molecular complexity index is 511. The molecule has 0 bridgehead atoms. The number of carbonyl (C=O) groups excluding carboxylic acids is 1. The monoisotopic (exact) mass is 309 g/mol. The van der Waals surface area contributed by atoms with Crippen molar-refractivity contribution in [2.45, 2.75) is 19.3 Å². The van der Waals surface area contributed by atoms with Crippen molar-refractivity contribution >= 4 is 29.3 Å². The van der Waals surface area contributed by atoms with E-state index in [0.29, 0.717) is 5.75 Å². The highest BCUT2D eigenvalue weighted by Crippen LogP contribution is 2.50. The number of hydrogen-bond acceptors (Lipinski definition) is 4. The zero-order chi connectivity index (χ0) is 15.3. The van der Waals surface area contributed by atoms with Crippen LogP contribution in [0.2, 0.25) is 0 Å². The van der Waals surface area contributed by atoms with Gasteiger partial charge in [0.2, 0.25) is 5.91 Å². The number of aliphatic carboxylic acids is 1. The fraction of sp³-hybridized carbons (Fsp3) is 0.467. The molecule has 0 heterocycles. The maximum Gasteiger partial charge on any atom is 0.303 e. The van der Waals surface area contributed by atoms with Gasteiger partial charge in [-0.1, -0.05) is 0 Å². The molecule has 1 amide bonds. The number of carboxylic acids is 1. The molecule has 0 spiro atoms. The van der Waals surface area contributed by atoms with Crippen molar-refractivity contribution < 1.29 is 19.4 Å². The molecular formula is C15H19NO4S. The van der Waals surface area contributed by atoms with Gasteiger partial charge in [0.05, 0.1) is 19.3 Å². The Balaban J connectivity index is 1.71. The summed E-state index contributed by atoms with van der Waals surface area (Å²) >= 11 is 1.50. The fourth-order valence-electron chi connectivity index (χ4n) is 2.10. The number of rotatable bonds is 8. The zero-order valence-corrected chi connectivity index (χ0v) is 12.7. The minimum Gasteiger partial charge on any atom is -0.497 e. The number of nitrogens with one attached hydrogen (secondary N) is 1. The number of benzene rings is 1. The number of amides is 1. The minimum atomic E-state index is -0.754. The number of ether oxygens (including phenoxy) is 1. The van der Waals surface area contributed by atoms with Crippen molar-refractivity contribution in [1.29, 1.82) is 0 Å². The number of hydrogen-bond donors (Lipinski definition) is 2. The summed E-state index contributed by atoms with van der Waals surface area (Å²) in [7, 11) is 1.59. The predicted octanol–water partition coefficient (Wildman–Crippen LogP) is 2.62. The van der Waals surface area contributed by atoms with Crippen LogP contribution in [0.25, 0.3) is 0 Å². The molecule has 1 saturated carbocycles. The second-order valence-corrected chi connectivity index (χ2v) is 6.33. The van der Waals surface area contributed by atoms with Crippen molar-refractivity contribution in [3.63, 3.8) is 0 Å². The van der Waals surface area contributed by atoms with E-state index in [1.54, 1.807) is 31.4 Å². The molecule has 1 aliphatic rings. The van der Waals surface area contributed by atoms with Crippen LogP contribution < -0.4 is 10.1 Å². The van der Waals surface area contributed by atoms with Crippen LogP contribution in [0.1, 0.15) is 19.3 Å². The topological polar surface area (TPSA) is 75.6 Å². The molecule has 114 valence electrons. The van der Waals surface area contributed by atoms with Crippen LogP contribution in [0.4, 0.5) is 5.69 Å². The van der Waals surface area contributed by atoms with Crippen LogP contribution >= 0.6 is 11.8 Å². The van der Waals surface area contributed by atoms with Gasteiger partial charge in [-0.15, -0.1) is 0 Å². The van der Waals surface area contributed by atoms with Gasteiger partial charge < -0.3 is 15.2 Å². The van der Waals surface area contributed by atoms with Crippen molar-refractivity contribution in [1.82, 2.24) is 0 Å². The van der Waals surface area contributed by atoms with Gasteiger partial charge in [-0.25, -0.2) is 0 Å². The molecule has 5 nitrogen and oxygen atoms in total. The molecule has 1 aliphatic carbocycles. The van der Waals surface area contributed by atoms with E-state index in [1.807, 2.05) is 0 Å². The molecule has 6 heteroatoms. The molecule has 2 N–H and O–H groups in total. The third-order valence-corrected chi connectivity index (χ3v) is 4.78. The standard InChI is InChI=1S/C15H19NO4S/c1-20-12-4-2-11(3-5-12)16-13(17)9-21-10-15(6-7-15)8-14(18)19/h2-5H,6-10H2,1H3,(H,16,17)(H,18,19). The lowest BCUT2D eigenvalue weighted by Crippen LogP contribution is -2.17. The lowest BCUT2D eigenvalue weighted by atomic mass is 10.1. The summed E-state index contributed by atoms with van der Waals surface area (Å²) in [4.78, 5) is 22.6. The van der Waals surface area contributed by atoms with E-state index in [4.69, 9.17) is 9.84 Å². The predicted molar refractivity (Wildman–Crippen MR) is 82.9 cm³/mol. The van der Waals surface area contributed by atoms with E-state index in [1.165, 1.54) is 11.8 Å². The van der Waals surface area contributed by atoms with Gasteiger partial charge in [-0.2, -0.15) is 11.8 Å². The summed E-state index contributed by atoms with van der Waals surface area (Å²) in [5, 5.41) is 11.6. The van der Waals surface area contributed by atoms with Crippen LogP contribution in [0.15, 0.2) is 24.3 Å². The van der Waals surface area contributed by atoms with Crippen LogP contribution in [-0.2, 0) is 9.59 Å². The lowest BCUT2D eigenvalue weighted by Gasteiger charge is -2.11. The quantitative estimate of drug-likeness (QED) is 0.772. The number of methoxy groups -OCH3 is 1. The van der Waals surface area contributed by atoms with Gasteiger partial charge >= 0.3 is 5.97 Å². The molecule has 0 aliphatic heterocycles. The maximum atomic E-state index is 11.8. The number of carboxylic acid groups (broad SMARTS) is 1. The summed E-state index contributed by atoms with van der Waals surface area (Å²) in [5.41, 5.74) is 0.657. The van der Waals surface area contributed by atoms with Crippen molar-refractivity contribution in [3.8, 4) is 5.75 Å². The molecule has 1 aromatic carbocycles. The normalized spacial score (nSPS) is 15.3. The number of carbonyl (C=O) groups is 2. The first kappa shape index (κ1) is 15.7. The van der Waals surface area contributed by atoms with E-state index in [-0.39, 0.29) is 17.7 Å². The van der Waals surface area contributed by atoms with E-state index < -0.39 is 5.97 Å². The summed E-state index contributed by atoms with van der Waals surface area (Å²) in [6.07, 6.45) is 2.11. The first-order valence-corrected chi connectivity index (χ1v) is 7.92. The Labute approximate surface area is 128 Å². The van der Waals surface area contributed by atoms with Crippen molar-refractivity contribution in [3.05, 3.63) is 24.3 Å². The Kier molecular flexibility index (Phi) is 5.12. The summed E-state index contributed by atoms with van der Waals surface area (Å²) in [6, 6.07) is 7.14. The molecule has 1 aromatic rings. The molecule has 21 heavy (non-hydrogen) atoms. The van der Waals surface area contributed by atoms with Crippen molar-refractivity contribution in [2.75, 3.05) is 23.9 Å². The van der Waals surface area contributed by atoms with Gasteiger partial charge in [0, 0.05) is 5.69 Å². The SMILES string of the molecule is COc1ccc(NC(=O)CSCC2(CC(=O)O)CC2)cc1. The molecule has 0 radical (unpaired) electrons. The zero-order valence-electron chi connectivity index (χ0n) is 11.9. The van der Waals surface area contributed by atoms with E-state index in [2.05, 4.69) is 5.32 Å². The van der Waals surface area contributed by atoms with E-state index >= 15 is 0 Å². The maximum absolute atomic E-state index is 11.8. The largest absolute Gasteiger partial charge is 0.497 e. The molecule has 0 atom stereocenters. The summed E-state index contributed by atoms with van der Waals surface area (Å²) in [5.74, 6) is 0.988. The van der Waals surface area contributed by atoms with E-state index in [9.17, 15) is 9.59 Å². The average molecular weight is 309 g/mol. The van der Waals surface area contributed by atoms with Gasteiger partial charge in [-0.05, 0) is 48.3 Å². The van der Waals surface area contributed by atoms with Gasteiger partial charge in [-0.3, -0.25) is 9.59 Å². The van der Waals surface area contributed by atoms with Crippen LogP contribution in [0, 0.1) is 5.41 Å². The highest BCUT2D eigenvalue weighted by atomic mass is 32.2. The summed E-state index contributed by atoms with van der Waals surface area (Å²) < 4.78 is 5.05. The van der Waals surface area contributed by atoms with E-state index in [0.717, 1.165) is 30.0 Å². The molecular weight excluding hydrogens is 290 g/mol. The first-order chi connectivity index (χ1) is 10.0. The van der Waals surface area contributed by atoms with Crippen molar-refractivity contribution in [2.24, 2.45) is 5.41 Å². The fourth-order valence-corrected chi connectivity index (χ4v) is 3.28. The van der Waals surface area contributed by atoms with Crippen LogP contribution in [-0.4, -0.2) is 35.6 Å². The average Bonchev–Trinajstić information content (AvgIpc) is 3.18. The molecule has 0 unspecified atom stereocenters. The second kappa shape index (κ2) is 6.85.